The predicted molar refractivity (Wildman–Crippen MR) is 98.2 cm³/mol. The van der Waals surface area contributed by atoms with Crippen LogP contribution in [0.15, 0.2) is 36.7 Å². The second-order valence-corrected chi connectivity index (χ2v) is 7.36. The minimum atomic E-state index is -0.204. The fourth-order valence-electron chi connectivity index (χ4n) is 2.45. The van der Waals surface area contributed by atoms with E-state index in [4.69, 9.17) is 4.74 Å². The number of aromatic nitrogens is 2. The van der Waals surface area contributed by atoms with Crippen LogP contribution in [0, 0.1) is 0 Å². The molecule has 0 bridgehead atoms. The summed E-state index contributed by atoms with van der Waals surface area (Å²) in [7, 11) is 3.88. The number of aryl methyl sites for hydroxylation is 1. The van der Waals surface area contributed by atoms with Gasteiger partial charge in [0.15, 0.2) is 0 Å². The zero-order valence-electron chi connectivity index (χ0n) is 15.7. The summed E-state index contributed by atoms with van der Waals surface area (Å²) < 4.78 is 7.69. The summed E-state index contributed by atoms with van der Waals surface area (Å²) in [6.45, 7) is 7.46. The minimum absolute atomic E-state index is 0.0324. The number of nitrogens with zero attached hydrogens (tertiary/aromatic N) is 3. The molecule has 2 aromatic rings. The molecule has 1 heterocycles. The number of carbonyl (C=O) groups is 1. The minimum Gasteiger partial charge on any atom is -0.486 e. The van der Waals surface area contributed by atoms with Gasteiger partial charge in [0.05, 0.1) is 6.54 Å². The summed E-state index contributed by atoms with van der Waals surface area (Å²) in [6.07, 6.45) is 3.65. The number of nitrogens with one attached hydrogen (secondary N) is 1. The molecule has 2 rings (SSSR count). The van der Waals surface area contributed by atoms with E-state index < -0.39 is 0 Å². The van der Waals surface area contributed by atoms with E-state index in [9.17, 15) is 4.79 Å². The molecule has 0 fully saturated rings. The van der Waals surface area contributed by atoms with Crippen molar-refractivity contribution >= 4 is 5.91 Å². The Morgan fingerprint density at radius 1 is 1.28 bits per heavy atom. The molecule has 1 aromatic heterocycles. The van der Waals surface area contributed by atoms with Gasteiger partial charge in [-0.15, -0.1) is 0 Å². The molecule has 0 spiro atoms. The van der Waals surface area contributed by atoms with Crippen LogP contribution in [0.25, 0.3) is 0 Å². The van der Waals surface area contributed by atoms with Crippen LogP contribution in [-0.4, -0.2) is 39.5 Å². The van der Waals surface area contributed by atoms with Gasteiger partial charge in [-0.3, -0.25) is 9.69 Å². The second-order valence-electron chi connectivity index (χ2n) is 7.36. The Morgan fingerprint density at radius 3 is 2.52 bits per heavy atom. The smallest absolute Gasteiger partial charge is 0.234 e. The van der Waals surface area contributed by atoms with Gasteiger partial charge >= 0.3 is 0 Å². The Morgan fingerprint density at radius 2 is 1.96 bits per heavy atom. The number of imidazole rings is 1. The molecule has 0 radical (unpaired) electrons. The zero-order chi connectivity index (χ0) is 18.4. The number of hydrogen-bond donors (Lipinski definition) is 1. The fraction of sp³-hybridized carbons (Fsp3) is 0.474. The normalized spacial score (nSPS) is 11.6. The Bertz CT molecular complexity index is 686. The largest absolute Gasteiger partial charge is 0.486 e. The van der Waals surface area contributed by atoms with Crippen molar-refractivity contribution in [2.45, 2.75) is 39.5 Å². The van der Waals surface area contributed by atoms with E-state index in [0.29, 0.717) is 19.7 Å². The summed E-state index contributed by atoms with van der Waals surface area (Å²) in [6, 6.07) is 7.93. The molecule has 136 valence electrons. The van der Waals surface area contributed by atoms with E-state index in [0.717, 1.165) is 17.1 Å². The highest BCUT2D eigenvalue weighted by molar-refractivity contribution is 5.78. The first-order chi connectivity index (χ1) is 11.7. The van der Waals surface area contributed by atoms with Gasteiger partial charge < -0.3 is 14.6 Å². The van der Waals surface area contributed by atoms with Gasteiger partial charge in [-0.05, 0) is 45.5 Å². The quantitative estimate of drug-likeness (QED) is 0.838. The van der Waals surface area contributed by atoms with Crippen molar-refractivity contribution in [3.05, 3.63) is 48.0 Å². The number of ether oxygens (including phenoxy) is 1. The molecule has 0 saturated heterocycles. The van der Waals surface area contributed by atoms with Crippen molar-refractivity contribution in [2.24, 2.45) is 7.05 Å². The lowest BCUT2D eigenvalue weighted by atomic mass is 10.1. The van der Waals surface area contributed by atoms with Crippen molar-refractivity contribution < 1.29 is 9.53 Å². The molecule has 0 aliphatic carbocycles. The van der Waals surface area contributed by atoms with E-state index >= 15 is 0 Å². The molecular weight excluding hydrogens is 316 g/mol. The van der Waals surface area contributed by atoms with Crippen molar-refractivity contribution in [3.63, 3.8) is 0 Å². The highest BCUT2D eigenvalue weighted by Crippen LogP contribution is 2.14. The number of carbonyl (C=O) groups excluding carboxylic acids is 1. The topological polar surface area (TPSA) is 59.4 Å². The van der Waals surface area contributed by atoms with Gasteiger partial charge in [-0.25, -0.2) is 4.98 Å². The standard InChI is InChI=1S/C19H28N4O2/c1-19(2,3)21-18(24)13-22(4)12-15-6-8-16(9-7-15)25-14-17-20-10-11-23(17)5/h6-11H,12-14H2,1-5H3,(H,21,24). The van der Waals surface area contributed by atoms with E-state index in [2.05, 4.69) is 10.3 Å². The first-order valence-electron chi connectivity index (χ1n) is 8.40. The lowest BCUT2D eigenvalue weighted by molar-refractivity contribution is -0.123. The van der Waals surface area contributed by atoms with Crippen LogP contribution in [-0.2, 0) is 25.0 Å². The third-order valence-corrected chi connectivity index (χ3v) is 3.59. The Labute approximate surface area is 149 Å². The monoisotopic (exact) mass is 344 g/mol. The number of amides is 1. The zero-order valence-corrected chi connectivity index (χ0v) is 15.7. The van der Waals surface area contributed by atoms with Crippen molar-refractivity contribution in [1.29, 1.82) is 0 Å². The average Bonchev–Trinajstić information content (AvgIpc) is 2.89. The van der Waals surface area contributed by atoms with E-state index in [1.54, 1.807) is 6.20 Å². The summed E-state index contributed by atoms with van der Waals surface area (Å²) in [4.78, 5) is 18.2. The molecule has 0 saturated carbocycles. The van der Waals surface area contributed by atoms with Gasteiger partial charge in [0.2, 0.25) is 5.91 Å². The maximum absolute atomic E-state index is 12.0. The maximum atomic E-state index is 12.0. The molecule has 0 unspecified atom stereocenters. The first kappa shape index (κ1) is 19.0. The molecule has 25 heavy (non-hydrogen) atoms. The van der Waals surface area contributed by atoms with Crippen LogP contribution < -0.4 is 10.1 Å². The van der Waals surface area contributed by atoms with Gasteiger partial charge in [-0.1, -0.05) is 12.1 Å². The van der Waals surface area contributed by atoms with Crippen LogP contribution in [0.5, 0.6) is 5.75 Å². The summed E-state index contributed by atoms with van der Waals surface area (Å²) in [5.74, 6) is 1.72. The van der Waals surface area contributed by atoms with Crippen molar-refractivity contribution in [2.75, 3.05) is 13.6 Å². The molecule has 1 amide bonds. The van der Waals surface area contributed by atoms with Gasteiger partial charge in [-0.2, -0.15) is 0 Å². The van der Waals surface area contributed by atoms with Gasteiger partial charge in [0, 0.05) is 31.5 Å². The number of likely N-dealkylation sites (N-methyl/N-ethyl adjacent to an activating group) is 1. The number of hydrogen-bond acceptors (Lipinski definition) is 4. The van der Waals surface area contributed by atoms with Crippen LogP contribution >= 0.6 is 0 Å². The third-order valence-electron chi connectivity index (χ3n) is 3.59. The molecule has 1 N–H and O–H groups in total. The van der Waals surface area contributed by atoms with E-state index in [1.807, 2.05) is 74.8 Å². The third kappa shape index (κ3) is 6.58. The summed E-state index contributed by atoms with van der Waals surface area (Å²) in [5.41, 5.74) is 0.930. The highest BCUT2D eigenvalue weighted by atomic mass is 16.5. The average molecular weight is 344 g/mol. The van der Waals surface area contributed by atoms with Crippen LogP contribution in [0.4, 0.5) is 0 Å². The van der Waals surface area contributed by atoms with Crippen LogP contribution in [0.2, 0.25) is 0 Å². The molecule has 0 aliphatic heterocycles. The van der Waals surface area contributed by atoms with Crippen molar-refractivity contribution in [3.8, 4) is 5.75 Å². The summed E-state index contributed by atoms with van der Waals surface area (Å²) >= 11 is 0. The lowest BCUT2D eigenvalue weighted by Crippen LogP contribution is -2.45. The first-order valence-corrected chi connectivity index (χ1v) is 8.40. The van der Waals surface area contributed by atoms with Gasteiger partial charge in [0.1, 0.15) is 18.2 Å². The van der Waals surface area contributed by atoms with Gasteiger partial charge in [0.25, 0.3) is 0 Å². The molecular formula is C19H28N4O2. The number of rotatable bonds is 7. The van der Waals surface area contributed by atoms with E-state index in [1.165, 1.54) is 0 Å². The molecule has 1 aromatic carbocycles. The summed E-state index contributed by atoms with van der Waals surface area (Å²) in [5, 5.41) is 2.97. The molecule has 0 aliphatic rings. The fourth-order valence-corrected chi connectivity index (χ4v) is 2.45. The Hall–Kier alpha value is -2.34. The van der Waals surface area contributed by atoms with E-state index in [-0.39, 0.29) is 11.4 Å². The van der Waals surface area contributed by atoms with Crippen LogP contribution in [0.3, 0.4) is 0 Å². The highest BCUT2D eigenvalue weighted by Gasteiger charge is 2.15. The Kier molecular flexibility index (Phi) is 6.20. The predicted octanol–water partition coefficient (Wildman–Crippen LogP) is 2.35. The van der Waals surface area contributed by atoms with Crippen LogP contribution in [0.1, 0.15) is 32.2 Å². The lowest BCUT2D eigenvalue weighted by Gasteiger charge is -2.23. The molecule has 6 heteroatoms. The number of benzene rings is 1. The molecule has 0 atom stereocenters. The molecule has 6 nitrogen and oxygen atoms in total. The second kappa shape index (κ2) is 8.16. The maximum Gasteiger partial charge on any atom is 0.234 e. The Balaban J connectivity index is 1.81. The van der Waals surface area contributed by atoms with Crippen molar-refractivity contribution in [1.82, 2.24) is 19.8 Å². The SMILES string of the molecule is CN(CC(=O)NC(C)(C)C)Cc1ccc(OCc2nccn2C)cc1.